The molecular weight excluding hydrogens is 369 g/mol. The van der Waals surface area contributed by atoms with E-state index in [0.717, 1.165) is 48.7 Å². The second-order valence-corrected chi connectivity index (χ2v) is 7.31. The predicted molar refractivity (Wildman–Crippen MR) is 107 cm³/mol. The summed E-state index contributed by atoms with van der Waals surface area (Å²) in [6, 6.07) is 16.5. The summed E-state index contributed by atoms with van der Waals surface area (Å²) in [5.41, 5.74) is 4.10. The number of carbonyl (C=O) groups excluding carboxylic acids is 1. The molecule has 0 fully saturated rings. The Balaban J connectivity index is 1.31. The number of nitrogens with zero attached hydrogens (tertiary/aromatic N) is 4. The number of rotatable bonds is 7. The maximum absolute atomic E-state index is 13.1. The first-order chi connectivity index (χ1) is 14.2. The van der Waals surface area contributed by atoms with E-state index in [9.17, 15) is 9.18 Å². The summed E-state index contributed by atoms with van der Waals surface area (Å²) in [6.07, 6.45) is 0.955. The van der Waals surface area contributed by atoms with Crippen LogP contribution in [0.3, 0.4) is 0 Å². The fourth-order valence-corrected chi connectivity index (χ4v) is 3.54. The SMILES string of the molecule is O=C(CCc1nnn2c1CN(Cc1ccc(F)cc1)CC2)NCc1ccccc1. The summed E-state index contributed by atoms with van der Waals surface area (Å²) < 4.78 is 15.0. The molecule has 1 N–H and O–H groups in total. The average molecular weight is 393 g/mol. The molecule has 2 heterocycles. The lowest BCUT2D eigenvalue weighted by atomic mass is 10.1. The minimum atomic E-state index is -0.220. The van der Waals surface area contributed by atoms with Crippen molar-refractivity contribution < 1.29 is 9.18 Å². The van der Waals surface area contributed by atoms with Crippen molar-refractivity contribution in [3.05, 3.63) is 82.9 Å². The Morgan fingerprint density at radius 3 is 2.62 bits per heavy atom. The minimum absolute atomic E-state index is 0.00887. The van der Waals surface area contributed by atoms with E-state index in [4.69, 9.17) is 0 Å². The smallest absolute Gasteiger partial charge is 0.220 e. The van der Waals surface area contributed by atoms with Crippen LogP contribution in [0.1, 0.15) is 28.9 Å². The highest BCUT2D eigenvalue weighted by Crippen LogP contribution is 2.18. The first-order valence-electron chi connectivity index (χ1n) is 9.86. The third kappa shape index (κ3) is 5.06. The highest BCUT2D eigenvalue weighted by molar-refractivity contribution is 5.76. The van der Waals surface area contributed by atoms with Gasteiger partial charge >= 0.3 is 0 Å². The maximum atomic E-state index is 13.1. The first-order valence-corrected chi connectivity index (χ1v) is 9.86. The molecule has 0 bridgehead atoms. The van der Waals surface area contributed by atoms with Crippen LogP contribution in [0.25, 0.3) is 0 Å². The molecule has 3 aromatic rings. The van der Waals surface area contributed by atoms with Crippen LogP contribution in [-0.2, 0) is 37.4 Å². The molecule has 1 amide bonds. The number of hydrogen-bond donors (Lipinski definition) is 1. The molecule has 2 aromatic carbocycles. The maximum Gasteiger partial charge on any atom is 0.220 e. The molecule has 1 aromatic heterocycles. The van der Waals surface area contributed by atoms with Crippen molar-refractivity contribution in [3.63, 3.8) is 0 Å². The number of amides is 1. The quantitative estimate of drug-likeness (QED) is 0.670. The Morgan fingerprint density at radius 2 is 1.83 bits per heavy atom. The third-order valence-corrected chi connectivity index (χ3v) is 5.16. The fourth-order valence-electron chi connectivity index (χ4n) is 3.54. The standard InChI is InChI=1S/C22H24FN5O/c23-19-8-6-18(7-9-19)15-27-12-13-28-21(16-27)20(25-26-28)10-11-22(29)24-14-17-4-2-1-3-5-17/h1-9H,10-16H2,(H,24,29). The van der Waals surface area contributed by atoms with Gasteiger partial charge in [-0.2, -0.15) is 0 Å². The predicted octanol–water partition coefficient (Wildman–Crippen LogP) is 2.68. The van der Waals surface area contributed by atoms with Crippen molar-refractivity contribution in [1.82, 2.24) is 25.2 Å². The van der Waals surface area contributed by atoms with Crippen LogP contribution in [0.5, 0.6) is 0 Å². The summed E-state index contributed by atoms with van der Waals surface area (Å²) in [7, 11) is 0. The molecule has 0 saturated heterocycles. The van der Waals surface area contributed by atoms with Crippen LogP contribution in [0, 0.1) is 5.82 Å². The van der Waals surface area contributed by atoms with Crippen molar-refractivity contribution in [1.29, 1.82) is 0 Å². The molecule has 0 radical (unpaired) electrons. The van der Waals surface area contributed by atoms with Gasteiger partial charge in [0.2, 0.25) is 5.91 Å². The van der Waals surface area contributed by atoms with Crippen LogP contribution in [0.15, 0.2) is 54.6 Å². The van der Waals surface area contributed by atoms with Gasteiger partial charge in [0.15, 0.2) is 0 Å². The Bertz CT molecular complexity index is 955. The molecule has 0 saturated carbocycles. The lowest BCUT2D eigenvalue weighted by Gasteiger charge is -2.27. The molecule has 6 nitrogen and oxygen atoms in total. The van der Waals surface area contributed by atoms with E-state index in [2.05, 4.69) is 20.5 Å². The highest BCUT2D eigenvalue weighted by Gasteiger charge is 2.22. The molecule has 1 aliphatic heterocycles. The second kappa shape index (κ2) is 8.96. The van der Waals surface area contributed by atoms with Crippen LogP contribution in [0.2, 0.25) is 0 Å². The average Bonchev–Trinajstić information content (AvgIpc) is 3.15. The van der Waals surface area contributed by atoms with Crippen molar-refractivity contribution in [3.8, 4) is 0 Å². The van der Waals surface area contributed by atoms with Crippen molar-refractivity contribution in [2.24, 2.45) is 0 Å². The Hall–Kier alpha value is -3.06. The topological polar surface area (TPSA) is 63.1 Å². The molecule has 150 valence electrons. The van der Waals surface area contributed by atoms with Crippen molar-refractivity contribution in [2.75, 3.05) is 6.54 Å². The molecule has 0 spiro atoms. The van der Waals surface area contributed by atoms with E-state index >= 15 is 0 Å². The van der Waals surface area contributed by atoms with Gasteiger partial charge in [0.25, 0.3) is 0 Å². The lowest BCUT2D eigenvalue weighted by Crippen LogP contribution is -2.34. The first kappa shape index (κ1) is 19.3. The molecule has 4 rings (SSSR count). The van der Waals surface area contributed by atoms with Crippen LogP contribution in [-0.4, -0.2) is 32.3 Å². The number of benzene rings is 2. The van der Waals surface area contributed by atoms with E-state index in [1.165, 1.54) is 12.1 Å². The van der Waals surface area contributed by atoms with Gasteiger partial charge in [-0.25, -0.2) is 9.07 Å². The normalized spacial score (nSPS) is 13.8. The molecule has 0 aliphatic carbocycles. The number of aromatic nitrogens is 3. The summed E-state index contributed by atoms with van der Waals surface area (Å²) in [4.78, 5) is 14.5. The van der Waals surface area contributed by atoms with Gasteiger partial charge in [0, 0.05) is 39.0 Å². The van der Waals surface area contributed by atoms with Crippen molar-refractivity contribution in [2.45, 2.75) is 39.0 Å². The number of halogens is 1. The van der Waals surface area contributed by atoms with E-state index < -0.39 is 0 Å². The molecular formula is C22H24FN5O. The highest BCUT2D eigenvalue weighted by atomic mass is 19.1. The molecule has 0 unspecified atom stereocenters. The summed E-state index contributed by atoms with van der Waals surface area (Å²) in [5.74, 6) is -0.211. The van der Waals surface area contributed by atoms with Gasteiger partial charge in [-0.15, -0.1) is 5.10 Å². The van der Waals surface area contributed by atoms with Crippen molar-refractivity contribution >= 4 is 5.91 Å². The zero-order chi connectivity index (χ0) is 20.1. The zero-order valence-corrected chi connectivity index (χ0v) is 16.2. The minimum Gasteiger partial charge on any atom is -0.352 e. The molecule has 7 heteroatoms. The van der Waals surface area contributed by atoms with Gasteiger partial charge in [-0.3, -0.25) is 9.69 Å². The van der Waals surface area contributed by atoms with Gasteiger partial charge < -0.3 is 5.32 Å². The molecule has 0 atom stereocenters. The molecule has 1 aliphatic rings. The number of fused-ring (bicyclic) bond motifs is 1. The number of hydrogen-bond acceptors (Lipinski definition) is 4. The Kier molecular flexibility index (Phi) is 5.95. The van der Waals surface area contributed by atoms with E-state index in [1.54, 1.807) is 0 Å². The van der Waals surface area contributed by atoms with Gasteiger partial charge in [-0.1, -0.05) is 47.7 Å². The number of nitrogens with one attached hydrogen (secondary N) is 1. The van der Waals surface area contributed by atoms with E-state index in [1.807, 2.05) is 47.1 Å². The van der Waals surface area contributed by atoms with Gasteiger partial charge in [0.1, 0.15) is 5.82 Å². The van der Waals surface area contributed by atoms with E-state index in [-0.39, 0.29) is 11.7 Å². The van der Waals surface area contributed by atoms with Crippen LogP contribution in [0.4, 0.5) is 4.39 Å². The van der Waals surface area contributed by atoms with Gasteiger partial charge in [-0.05, 0) is 23.3 Å². The summed E-state index contributed by atoms with van der Waals surface area (Å²) in [6.45, 7) is 3.65. The summed E-state index contributed by atoms with van der Waals surface area (Å²) >= 11 is 0. The van der Waals surface area contributed by atoms with E-state index in [0.29, 0.717) is 19.4 Å². The fraction of sp³-hybridized carbons (Fsp3) is 0.318. The third-order valence-electron chi connectivity index (χ3n) is 5.16. The van der Waals surface area contributed by atoms with Gasteiger partial charge in [0.05, 0.1) is 17.9 Å². The summed E-state index contributed by atoms with van der Waals surface area (Å²) in [5, 5.41) is 11.5. The van der Waals surface area contributed by atoms with Crippen LogP contribution >= 0.6 is 0 Å². The second-order valence-electron chi connectivity index (χ2n) is 7.31. The van der Waals surface area contributed by atoms with Crippen LogP contribution < -0.4 is 5.32 Å². The monoisotopic (exact) mass is 393 g/mol. The number of carbonyl (C=O) groups is 1. The zero-order valence-electron chi connectivity index (χ0n) is 16.2. The lowest BCUT2D eigenvalue weighted by molar-refractivity contribution is -0.121. The largest absolute Gasteiger partial charge is 0.352 e. The Labute approximate surface area is 169 Å². The Morgan fingerprint density at radius 1 is 1.03 bits per heavy atom. The molecule has 29 heavy (non-hydrogen) atoms. The number of aryl methyl sites for hydroxylation is 1.